The number of aromatic carboxylic acids is 1. The van der Waals surface area contributed by atoms with Gasteiger partial charge < -0.3 is 14.8 Å². The first-order chi connectivity index (χ1) is 12.5. The molecule has 1 aliphatic carbocycles. The van der Waals surface area contributed by atoms with Crippen LogP contribution in [0.5, 0.6) is 0 Å². The number of carbonyl (C=O) groups excluding carboxylic acids is 1. The third-order valence-corrected chi connectivity index (χ3v) is 5.89. The molecule has 1 aromatic heterocycles. The topological polar surface area (TPSA) is 79.5 Å². The Kier molecular flexibility index (Phi) is 6.04. The summed E-state index contributed by atoms with van der Waals surface area (Å²) in [5.74, 6) is 0.430. The average molecular weight is 373 g/mol. The SMILES string of the molecule is CC1CCC(NC(=O)c2ccccc2SCc2occc2C(=O)O)CC1. The zero-order valence-electron chi connectivity index (χ0n) is 14.7. The Balaban J connectivity index is 1.66. The third kappa shape index (κ3) is 4.49. The fourth-order valence-electron chi connectivity index (χ4n) is 3.23. The first kappa shape index (κ1) is 18.6. The van der Waals surface area contributed by atoms with E-state index in [1.54, 1.807) is 0 Å². The number of carboxylic acid groups (broad SMARTS) is 1. The second-order valence-electron chi connectivity index (χ2n) is 6.78. The van der Waals surface area contributed by atoms with E-state index in [4.69, 9.17) is 9.52 Å². The van der Waals surface area contributed by atoms with Crippen molar-refractivity contribution in [3.05, 3.63) is 53.5 Å². The molecular formula is C20H23NO4S. The van der Waals surface area contributed by atoms with Crippen LogP contribution in [0.25, 0.3) is 0 Å². The van der Waals surface area contributed by atoms with Crippen LogP contribution in [0.2, 0.25) is 0 Å². The molecular weight excluding hydrogens is 350 g/mol. The summed E-state index contributed by atoms with van der Waals surface area (Å²) in [7, 11) is 0. The molecule has 6 heteroatoms. The van der Waals surface area contributed by atoms with Crippen LogP contribution in [-0.2, 0) is 5.75 Å². The fourth-order valence-corrected chi connectivity index (χ4v) is 4.24. The molecule has 3 rings (SSSR count). The number of carbonyl (C=O) groups is 2. The lowest BCUT2D eigenvalue weighted by atomic mass is 9.87. The monoisotopic (exact) mass is 373 g/mol. The smallest absolute Gasteiger partial charge is 0.339 e. The van der Waals surface area contributed by atoms with E-state index in [0.29, 0.717) is 17.1 Å². The number of benzene rings is 1. The lowest BCUT2D eigenvalue weighted by Gasteiger charge is -2.27. The van der Waals surface area contributed by atoms with Crippen LogP contribution in [0.1, 0.15) is 59.1 Å². The van der Waals surface area contributed by atoms with E-state index in [0.717, 1.165) is 36.5 Å². The molecule has 0 bridgehead atoms. The van der Waals surface area contributed by atoms with Gasteiger partial charge in [0.2, 0.25) is 0 Å². The number of rotatable bonds is 6. The van der Waals surface area contributed by atoms with E-state index in [1.165, 1.54) is 24.1 Å². The largest absolute Gasteiger partial charge is 0.478 e. The predicted molar refractivity (Wildman–Crippen MR) is 101 cm³/mol. The molecule has 2 N–H and O–H groups in total. The van der Waals surface area contributed by atoms with E-state index < -0.39 is 5.97 Å². The molecule has 0 saturated heterocycles. The normalized spacial score (nSPS) is 19.9. The maximum Gasteiger partial charge on any atom is 0.339 e. The molecule has 26 heavy (non-hydrogen) atoms. The van der Waals surface area contributed by atoms with Crippen molar-refractivity contribution in [2.75, 3.05) is 0 Å². The van der Waals surface area contributed by atoms with E-state index in [2.05, 4.69) is 12.2 Å². The number of thioether (sulfide) groups is 1. The lowest BCUT2D eigenvalue weighted by molar-refractivity contribution is 0.0694. The molecule has 1 aromatic carbocycles. The van der Waals surface area contributed by atoms with Crippen molar-refractivity contribution in [2.45, 2.75) is 49.3 Å². The third-order valence-electron chi connectivity index (χ3n) is 4.82. The van der Waals surface area contributed by atoms with Crippen LogP contribution in [0.15, 0.2) is 45.9 Å². The van der Waals surface area contributed by atoms with Gasteiger partial charge in [0.05, 0.1) is 17.6 Å². The molecule has 1 amide bonds. The van der Waals surface area contributed by atoms with Crippen molar-refractivity contribution in [3.8, 4) is 0 Å². The Hall–Kier alpha value is -2.21. The molecule has 1 aliphatic rings. The highest BCUT2D eigenvalue weighted by atomic mass is 32.2. The zero-order valence-corrected chi connectivity index (χ0v) is 15.6. The van der Waals surface area contributed by atoms with Gasteiger partial charge in [0.15, 0.2) is 0 Å². The van der Waals surface area contributed by atoms with Gasteiger partial charge in [-0.15, -0.1) is 11.8 Å². The lowest BCUT2D eigenvalue weighted by Crippen LogP contribution is -2.37. The first-order valence-electron chi connectivity index (χ1n) is 8.87. The molecule has 2 aromatic rings. The molecule has 138 valence electrons. The van der Waals surface area contributed by atoms with Gasteiger partial charge in [0, 0.05) is 10.9 Å². The maximum atomic E-state index is 12.7. The number of carboxylic acids is 1. The highest BCUT2D eigenvalue weighted by molar-refractivity contribution is 7.98. The molecule has 0 unspecified atom stereocenters. The molecule has 0 aliphatic heterocycles. The van der Waals surface area contributed by atoms with Crippen LogP contribution in [0.4, 0.5) is 0 Å². The Bertz CT molecular complexity index is 778. The number of hydrogen-bond acceptors (Lipinski definition) is 4. The van der Waals surface area contributed by atoms with Crippen molar-refractivity contribution in [1.29, 1.82) is 0 Å². The van der Waals surface area contributed by atoms with Crippen LogP contribution in [-0.4, -0.2) is 23.0 Å². The Morgan fingerprint density at radius 3 is 2.62 bits per heavy atom. The molecule has 0 radical (unpaired) electrons. The van der Waals surface area contributed by atoms with Gasteiger partial charge in [0.1, 0.15) is 11.3 Å². The summed E-state index contributed by atoms with van der Waals surface area (Å²) >= 11 is 1.41. The summed E-state index contributed by atoms with van der Waals surface area (Å²) < 4.78 is 5.28. The Labute approximate surface area is 157 Å². The molecule has 5 nitrogen and oxygen atoms in total. The van der Waals surface area contributed by atoms with Crippen molar-refractivity contribution >= 4 is 23.6 Å². The summed E-state index contributed by atoms with van der Waals surface area (Å²) in [6.07, 6.45) is 5.73. The highest BCUT2D eigenvalue weighted by Gasteiger charge is 2.22. The summed E-state index contributed by atoms with van der Waals surface area (Å²) in [4.78, 5) is 24.7. The van der Waals surface area contributed by atoms with E-state index >= 15 is 0 Å². The molecule has 1 saturated carbocycles. The van der Waals surface area contributed by atoms with Gasteiger partial charge in [-0.1, -0.05) is 19.1 Å². The van der Waals surface area contributed by atoms with Crippen LogP contribution >= 0.6 is 11.8 Å². The standard InChI is InChI=1S/C20H23NO4S/c1-13-6-8-14(9-7-13)21-19(22)16-4-2-3-5-18(16)26-12-17-15(20(23)24)10-11-25-17/h2-5,10-11,13-14H,6-9,12H2,1H3,(H,21,22)(H,23,24). The van der Waals surface area contributed by atoms with Crippen LogP contribution < -0.4 is 5.32 Å². The fraction of sp³-hybridized carbons (Fsp3) is 0.400. The number of nitrogens with one attached hydrogen (secondary N) is 1. The Morgan fingerprint density at radius 1 is 1.15 bits per heavy atom. The molecule has 0 atom stereocenters. The Morgan fingerprint density at radius 2 is 1.88 bits per heavy atom. The number of furan rings is 1. The summed E-state index contributed by atoms with van der Waals surface area (Å²) in [5, 5.41) is 12.3. The van der Waals surface area contributed by atoms with Crippen LogP contribution in [0, 0.1) is 5.92 Å². The summed E-state index contributed by atoms with van der Waals surface area (Å²) in [6.45, 7) is 2.25. The molecule has 1 fully saturated rings. The van der Waals surface area contributed by atoms with Crippen molar-refractivity contribution < 1.29 is 19.1 Å². The molecule has 1 heterocycles. The predicted octanol–water partition coefficient (Wildman–Crippen LogP) is 4.58. The van der Waals surface area contributed by atoms with Gasteiger partial charge in [0.25, 0.3) is 5.91 Å². The van der Waals surface area contributed by atoms with Crippen molar-refractivity contribution in [3.63, 3.8) is 0 Å². The quantitative estimate of drug-likeness (QED) is 0.725. The summed E-state index contributed by atoms with van der Waals surface area (Å²) in [5.41, 5.74) is 0.787. The van der Waals surface area contributed by atoms with Gasteiger partial charge in [-0.2, -0.15) is 0 Å². The summed E-state index contributed by atoms with van der Waals surface area (Å²) in [6, 6.07) is 9.09. The highest BCUT2D eigenvalue weighted by Crippen LogP contribution is 2.29. The van der Waals surface area contributed by atoms with Gasteiger partial charge in [-0.05, 0) is 49.8 Å². The van der Waals surface area contributed by atoms with E-state index in [1.807, 2.05) is 24.3 Å². The van der Waals surface area contributed by atoms with Gasteiger partial charge >= 0.3 is 5.97 Å². The minimum atomic E-state index is -1.01. The number of hydrogen-bond donors (Lipinski definition) is 2. The van der Waals surface area contributed by atoms with E-state index in [-0.39, 0.29) is 17.5 Å². The van der Waals surface area contributed by atoms with Crippen LogP contribution in [0.3, 0.4) is 0 Å². The van der Waals surface area contributed by atoms with Crippen molar-refractivity contribution in [1.82, 2.24) is 5.32 Å². The second-order valence-corrected chi connectivity index (χ2v) is 7.79. The van der Waals surface area contributed by atoms with E-state index in [9.17, 15) is 9.59 Å². The average Bonchev–Trinajstić information content (AvgIpc) is 3.11. The second kappa shape index (κ2) is 8.45. The minimum absolute atomic E-state index is 0.0643. The van der Waals surface area contributed by atoms with Gasteiger partial charge in [-0.3, -0.25) is 4.79 Å². The first-order valence-corrected chi connectivity index (χ1v) is 9.85. The van der Waals surface area contributed by atoms with Gasteiger partial charge in [-0.25, -0.2) is 4.79 Å². The minimum Gasteiger partial charge on any atom is -0.478 e. The molecule has 0 spiro atoms. The zero-order chi connectivity index (χ0) is 18.5. The maximum absolute atomic E-state index is 12.7. The van der Waals surface area contributed by atoms with Crippen molar-refractivity contribution in [2.24, 2.45) is 5.92 Å². The number of amides is 1.